The molecule has 0 bridgehead atoms. The Bertz CT molecular complexity index is 1070. The number of amides is 1. The summed E-state index contributed by atoms with van der Waals surface area (Å²) in [5.74, 6) is -0.164. The zero-order valence-corrected chi connectivity index (χ0v) is 18.1. The molecule has 5 N–H and O–H groups in total. The SMILES string of the molecule is CC(CCCN=C(N)N)NC(=O)c1ccc(=O)n(C(c2ccccc2)c2ccccc2)c1. The maximum Gasteiger partial charge on any atom is 0.252 e. The van der Waals surface area contributed by atoms with Crippen LogP contribution < -0.4 is 22.3 Å². The molecule has 166 valence electrons. The summed E-state index contributed by atoms with van der Waals surface area (Å²) < 4.78 is 1.61. The van der Waals surface area contributed by atoms with Crippen LogP contribution in [0.3, 0.4) is 0 Å². The van der Waals surface area contributed by atoms with Crippen LogP contribution in [-0.4, -0.2) is 29.0 Å². The van der Waals surface area contributed by atoms with Gasteiger partial charge in [-0.05, 0) is 37.0 Å². The van der Waals surface area contributed by atoms with Crippen molar-refractivity contribution in [3.8, 4) is 0 Å². The summed E-state index contributed by atoms with van der Waals surface area (Å²) in [7, 11) is 0. The number of carbonyl (C=O) groups excluding carboxylic acids is 1. The van der Waals surface area contributed by atoms with E-state index in [1.807, 2.05) is 67.6 Å². The molecule has 0 saturated heterocycles. The lowest BCUT2D eigenvalue weighted by Crippen LogP contribution is -2.34. The maximum absolute atomic E-state index is 12.9. The van der Waals surface area contributed by atoms with Crippen LogP contribution >= 0.6 is 0 Å². The van der Waals surface area contributed by atoms with Crippen LogP contribution in [0.2, 0.25) is 0 Å². The van der Waals surface area contributed by atoms with E-state index in [2.05, 4.69) is 10.3 Å². The molecule has 1 atom stereocenters. The molecule has 0 aliphatic heterocycles. The van der Waals surface area contributed by atoms with Gasteiger partial charge in [0.1, 0.15) is 0 Å². The van der Waals surface area contributed by atoms with Crippen molar-refractivity contribution in [3.63, 3.8) is 0 Å². The predicted molar refractivity (Wildman–Crippen MR) is 128 cm³/mol. The normalized spacial score (nSPS) is 11.7. The van der Waals surface area contributed by atoms with Gasteiger partial charge in [0.15, 0.2) is 5.96 Å². The Morgan fingerprint density at radius 1 is 0.969 bits per heavy atom. The highest BCUT2D eigenvalue weighted by Gasteiger charge is 2.19. The fourth-order valence-electron chi connectivity index (χ4n) is 3.61. The van der Waals surface area contributed by atoms with E-state index in [4.69, 9.17) is 11.5 Å². The first-order chi connectivity index (χ1) is 15.5. The topological polar surface area (TPSA) is 116 Å². The third kappa shape index (κ3) is 6.07. The van der Waals surface area contributed by atoms with Gasteiger partial charge in [-0.2, -0.15) is 0 Å². The number of hydrogen-bond donors (Lipinski definition) is 3. The van der Waals surface area contributed by atoms with Crippen LogP contribution in [0.5, 0.6) is 0 Å². The molecule has 0 radical (unpaired) electrons. The zero-order chi connectivity index (χ0) is 22.9. The molecular formula is C25H29N5O2. The molecule has 0 aliphatic carbocycles. The molecule has 0 fully saturated rings. The van der Waals surface area contributed by atoms with Gasteiger partial charge in [-0.15, -0.1) is 0 Å². The van der Waals surface area contributed by atoms with E-state index >= 15 is 0 Å². The lowest BCUT2D eigenvalue weighted by atomic mass is 9.98. The second-order valence-electron chi connectivity index (χ2n) is 7.71. The average molecular weight is 432 g/mol. The van der Waals surface area contributed by atoms with Crippen LogP contribution in [0.1, 0.15) is 47.3 Å². The second kappa shape index (κ2) is 10.9. The highest BCUT2D eigenvalue weighted by atomic mass is 16.2. The fraction of sp³-hybridized carbons (Fsp3) is 0.240. The standard InChI is InChI=1S/C25H29N5O2/c1-18(9-8-16-28-25(26)27)29-24(32)21-14-15-22(31)30(17-21)23(19-10-4-2-5-11-19)20-12-6-3-7-13-20/h2-7,10-15,17-18,23H,8-9,16H2,1H3,(H,29,32)(H4,26,27,28). The van der Waals surface area contributed by atoms with Gasteiger partial charge < -0.3 is 21.4 Å². The van der Waals surface area contributed by atoms with E-state index in [1.54, 1.807) is 16.8 Å². The van der Waals surface area contributed by atoms with E-state index in [-0.39, 0.29) is 29.5 Å². The summed E-state index contributed by atoms with van der Waals surface area (Å²) >= 11 is 0. The van der Waals surface area contributed by atoms with E-state index in [9.17, 15) is 9.59 Å². The van der Waals surface area contributed by atoms with Gasteiger partial charge in [-0.3, -0.25) is 14.6 Å². The van der Waals surface area contributed by atoms with E-state index < -0.39 is 0 Å². The number of nitrogens with two attached hydrogens (primary N) is 2. The summed E-state index contributed by atoms with van der Waals surface area (Å²) in [6.07, 6.45) is 3.12. The molecule has 1 heterocycles. The van der Waals surface area contributed by atoms with E-state index in [0.717, 1.165) is 24.0 Å². The molecule has 0 spiro atoms. The number of rotatable bonds is 9. The molecule has 3 aromatic rings. The quantitative estimate of drug-likeness (QED) is 0.274. The lowest BCUT2D eigenvalue weighted by molar-refractivity contribution is 0.0937. The number of carbonyl (C=O) groups is 1. The maximum atomic E-state index is 12.9. The molecule has 32 heavy (non-hydrogen) atoms. The van der Waals surface area contributed by atoms with Crippen molar-refractivity contribution in [1.29, 1.82) is 0 Å². The highest BCUT2D eigenvalue weighted by Crippen LogP contribution is 2.25. The molecule has 7 nitrogen and oxygen atoms in total. The Labute approximate surface area is 187 Å². The second-order valence-corrected chi connectivity index (χ2v) is 7.71. The summed E-state index contributed by atoms with van der Waals surface area (Å²) in [4.78, 5) is 29.6. The Kier molecular flexibility index (Phi) is 7.80. The van der Waals surface area contributed by atoms with Gasteiger partial charge >= 0.3 is 0 Å². The van der Waals surface area contributed by atoms with Crippen LogP contribution in [-0.2, 0) is 0 Å². The molecule has 7 heteroatoms. The third-order valence-electron chi connectivity index (χ3n) is 5.18. The van der Waals surface area contributed by atoms with Crippen molar-refractivity contribution in [2.45, 2.75) is 31.8 Å². The first kappa shape index (κ1) is 22.8. The number of pyridine rings is 1. The first-order valence-electron chi connectivity index (χ1n) is 10.6. The number of aliphatic imine (C=N–C) groups is 1. The average Bonchev–Trinajstić information content (AvgIpc) is 2.79. The van der Waals surface area contributed by atoms with E-state index in [1.165, 1.54) is 6.07 Å². The smallest absolute Gasteiger partial charge is 0.252 e. The van der Waals surface area contributed by atoms with Crippen LogP contribution in [0.4, 0.5) is 0 Å². The number of hydrogen-bond acceptors (Lipinski definition) is 3. The molecule has 0 saturated carbocycles. The summed E-state index contributed by atoms with van der Waals surface area (Å²) in [5.41, 5.74) is 12.8. The monoisotopic (exact) mass is 431 g/mol. The van der Waals surface area contributed by atoms with Gasteiger partial charge in [-0.1, -0.05) is 60.7 Å². The Balaban J connectivity index is 1.84. The van der Waals surface area contributed by atoms with Crippen molar-refractivity contribution in [3.05, 3.63) is 106 Å². The van der Waals surface area contributed by atoms with Gasteiger partial charge in [-0.25, -0.2) is 0 Å². The lowest BCUT2D eigenvalue weighted by Gasteiger charge is -2.22. The van der Waals surface area contributed by atoms with Crippen molar-refractivity contribution >= 4 is 11.9 Å². The van der Waals surface area contributed by atoms with E-state index in [0.29, 0.717) is 12.1 Å². The number of nitrogens with zero attached hydrogens (tertiary/aromatic N) is 2. The van der Waals surface area contributed by atoms with Crippen molar-refractivity contribution < 1.29 is 4.79 Å². The minimum Gasteiger partial charge on any atom is -0.370 e. The Morgan fingerprint density at radius 3 is 2.12 bits per heavy atom. The number of benzene rings is 2. The van der Waals surface area contributed by atoms with Crippen molar-refractivity contribution in [2.75, 3.05) is 6.54 Å². The Morgan fingerprint density at radius 2 is 1.56 bits per heavy atom. The molecule has 1 unspecified atom stereocenters. The van der Waals surface area contributed by atoms with Gasteiger partial charge in [0, 0.05) is 24.8 Å². The number of guanidine groups is 1. The number of nitrogens with one attached hydrogen (secondary N) is 1. The summed E-state index contributed by atoms with van der Waals surface area (Å²) in [5, 5.41) is 2.98. The number of aromatic nitrogens is 1. The van der Waals surface area contributed by atoms with Gasteiger partial charge in [0.2, 0.25) is 0 Å². The summed E-state index contributed by atoms with van der Waals surface area (Å²) in [6.45, 7) is 2.45. The first-order valence-corrected chi connectivity index (χ1v) is 10.6. The predicted octanol–water partition coefficient (Wildman–Crippen LogP) is 2.66. The van der Waals surface area contributed by atoms with Crippen LogP contribution in [0, 0.1) is 0 Å². The molecule has 1 amide bonds. The minimum atomic E-state index is -0.338. The third-order valence-corrected chi connectivity index (χ3v) is 5.18. The largest absolute Gasteiger partial charge is 0.370 e. The van der Waals surface area contributed by atoms with Crippen LogP contribution in [0.25, 0.3) is 0 Å². The minimum absolute atomic E-state index is 0.0591. The van der Waals surface area contributed by atoms with Crippen molar-refractivity contribution in [2.24, 2.45) is 16.5 Å². The zero-order valence-electron chi connectivity index (χ0n) is 18.1. The van der Waals surface area contributed by atoms with Crippen molar-refractivity contribution in [1.82, 2.24) is 9.88 Å². The van der Waals surface area contributed by atoms with Gasteiger partial charge in [0.05, 0.1) is 11.6 Å². The highest BCUT2D eigenvalue weighted by molar-refractivity contribution is 5.94. The fourth-order valence-corrected chi connectivity index (χ4v) is 3.61. The molecule has 3 rings (SSSR count). The van der Waals surface area contributed by atoms with Gasteiger partial charge in [0.25, 0.3) is 11.5 Å². The molecule has 2 aromatic carbocycles. The Hall–Kier alpha value is -3.87. The molecule has 0 aliphatic rings. The van der Waals surface area contributed by atoms with Crippen LogP contribution in [0.15, 0.2) is 88.8 Å². The summed E-state index contributed by atoms with van der Waals surface area (Å²) in [6, 6.07) is 22.2. The molecule has 1 aromatic heterocycles. The molecular weight excluding hydrogens is 402 g/mol.